The van der Waals surface area contributed by atoms with Gasteiger partial charge in [-0.2, -0.15) is 0 Å². The zero-order valence-electron chi connectivity index (χ0n) is 10.7. The first kappa shape index (κ1) is 12.7. The first-order chi connectivity index (χ1) is 9.68. The number of benzene rings is 1. The minimum absolute atomic E-state index is 0.246. The van der Waals surface area contributed by atoms with E-state index < -0.39 is 10.7 Å². The van der Waals surface area contributed by atoms with E-state index in [1.54, 1.807) is 12.1 Å². The Morgan fingerprint density at radius 2 is 2.15 bits per heavy atom. The van der Waals surface area contributed by atoms with Crippen LogP contribution in [0.1, 0.15) is 0 Å². The van der Waals surface area contributed by atoms with Crippen molar-refractivity contribution in [3.8, 4) is 0 Å². The summed E-state index contributed by atoms with van der Waals surface area (Å²) in [5, 5.41) is 14.6. The Bertz CT molecular complexity index is 671. The number of anilines is 1. The summed E-state index contributed by atoms with van der Waals surface area (Å²) in [4.78, 5) is 16.5. The third-order valence-electron chi connectivity index (χ3n) is 3.43. The molecule has 1 aliphatic heterocycles. The van der Waals surface area contributed by atoms with Crippen molar-refractivity contribution in [2.75, 3.05) is 31.1 Å². The van der Waals surface area contributed by atoms with Gasteiger partial charge in [-0.15, -0.1) is 0 Å². The number of nitrogens with zero attached hydrogens (tertiary/aromatic N) is 3. The topological polar surface area (TPSA) is 71.3 Å². The van der Waals surface area contributed by atoms with Crippen LogP contribution in [0.2, 0.25) is 0 Å². The Morgan fingerprint density at radius 3 is 2.85 bits per heavy atom. The number of hydrogen-bond acceptors (Lipinski definition) is 5. The van der Waals surface area contributed by atoms with E-state index in [1.165, 1.54) is 6.20 Å². The number of halogens is 1. The minimum atomic E-state index is -0.593. The maximum atomic E-state index is 14.3. The van der Waals surface area contributed by atoms with Crippen LogP contribution in [0.3, 0.4) is 0 Å². The molecule has 1 saturated heterocycles. The van der Waals surface area contributed by atoms with Gasteiger partial charge in [0, 0.05) is 32.4 Å². The molecule has 1 N–H and O–H groups in total. The van der Waals surface area contributed by atoms with Gasteiger partial charge in [0.05, 0.1) is 16.4 Å². The number of nitrogens with one attached hydrogen (secondary N) is 1. The van der Waals surface area contributed by atoms with Crippen LogP contribution < -0.4 is 10.2 Å². The summed E-state index contributed by atoms with van der Waals surface area (Å²) >= 11 is 0. The lowest BCUT2D eigenvalue weighted by Crippen LogP contribution is -2.44. The van der Waals surface area contributed by atoms with Crippen LogP contribution in [0.4, 0.5) is 15.8 Å². The van der Waals surface area contributed by atoms with E-state index in [0.29, 0.717) is 29.7 Å². The van der Waals surface area contributed by atoms with Crippen LogP contribution in [0.5, 0.6) is 0 Å². The second-order valence-electron chi connectivity index (χ2n) is 4.62. The van der Waals surface area contributed by atoms with Gasteiger partial charge in [0.25, 0.3) is 5.69 Å². The van der Waals surface area contributed by atoms with Crippen molar-refractivity contribution in [3.05, 3.63) is 40.3 Å². The van der Waals surface area contributed by atoms with Gasteiger partial charge in [0.1, 0.15) is 11.2 Å². The zero-order valence-corrected chi connectivity index (χ0v) is 10.7. The highest BCUT2D eigenvalue weighted by molar-refractivity contribution is 5.97. The molecule has 1 fully saturated rings. The fourth-order valence-corrected chi connectivity index (χ4v) is 2.52. The lowest BCUT2D eigenvalue weighted by Gasteiger charge is -2.30. The normalized spacial score (nSPS) is 15.6. The Morgan fingerprint density at radius 1 is 1.40 bits per heavy atom. The Kier molecular flexibility index (Phi) is 3.19. The molecule has 0 unspecified atom stereocenters. The molecule has 6 nitrogen and oxygen atoms in total. The predicted molar refractivity (Wildman–Crippen MR) is 73.4 cm³/mol. The van der Waals surface area contributed by atoms with Gasteiger partial charge in [0.2, 0.25) is 0 Å². The van der Waals surface area contributed by atoms with Gasteiger partial charge >= 0.3 is 0 Å². The lowest BCUT2D eigenvalue weighted by molar-refractivity contribution is -0.383. The van der Waals surface area contributed by atoms with Crippen molar-refractivity contribution in [2.24, 2.45) is 0 Å². The van der Waals surface area contributed by atoms with Crippen molar-refractivity contribution in [1.82, 2.24) is 10.3 Å². The standard InChI is InChI=1S/C13H13FN4O2/c14-10-8-11(18(19)20)9-2-1-3-16-12(9)13(10)17-6-4-15-5-7-17/h1-3,8,15H,4-7H2. The Labute approximate surface area is 114 Å². The summed E-state index contributed by atoms with van der Waals surface area (Å²) in [5.41, 5.74) is 0.457. The van der Waals surface area contributed by atoms with Gasteiger partial charge in [-0.25, -0.2) is 4.39 Å². The molecule has 1 aliphatic rings. The molecule has 0 atom stereocenters. The molecule has 104 valence electrons. The summed E-state index contributed by atoms with van der Waals surface area (Å²) in [6.07, 6.45) is 1.52. The first-order valence-corrected chi connectivity index (χ1v) is 6.36. The lowest BCUT2D eigenvalue weighted by atomic mass is 10.1. The molecule has 20 heavy (non-hydrogen) atoms. The van der Waals surface area contributed by atoms with E-state index >= 15 is 0 Å². The number of nitro groups is 1. The second-order valence-corrected chi connectivity index (χ2v) is 4.62. The van der Waals surface area contributed by atoms with Crippen LogP contribution in [0, 0.1) is 15.9 Å². The number of fused-ring (bicyclic) bond motifs is 1. The van der Waals surface area contributed by atoms with Gasteiger partial charge in [0.15, 0.2) is 5.82 Å². The second kappa shape index (κ2) is 5.01. The fourth-order valence-electron chi connectivity index (χ4n) is 2.52. The largest absolute Gasteiger partial charge is 0.365 e. The van der Waals surface area contributed by atoms with E-state index in [9.17, 15) is 14.5 Å². The van der Waals surface area contributed by atoms with Gasteiger partial charge in [-0.1, -0.05) is 0 Å². The predicted octanol–water partition coefficient (Wildman–Crippen LogP) is 1.69. The van der Waals surface area contributed by atoms with Crippen molar-refractivity contribution >= 4 is 22.3 Å². The smallest absolute Gasteiger partial charge is 0.281 e. The van der Waals surface area contributed by atoms with Crippen molar-refractivity contribution < 1.29 is 9.31 Å². The molecule has 0 bridgehead atoms. The quantitative estimate of drug-likeness (QED) is 0.667. The van der Waals surface area contributed by atoms with Crippen molar-refractivity contribution in [2.45, 2.75) is 0 Å². The summed E-state index contributed by atoms with van der Waals surface area (Å²) in [6, 6.07) is 4.21. The number of piperazine rings is 1. The SMILES string of the molecule is O=[N+]([O-])c1cc(F)c(N2CCNCC2)c2ncccc12. The van der Waals surface area contributed by atoms with Gasteiger partial charge in [-0.05, 0) is 12.1 Å². The molecular weight excluding hydrogens is 263 g/mol. The molecule has 0 radical (unpaired) electrons. The van der Waals surface area contributed by atoms with Crippen LogP contribution in [0.15, 0.2) is 24.4 Å². The molecule has 0 saturated carbocycles. The van der Waals surface area contributed by atoms with Gasteiger partial charge < -0.3 is 10.2 Å². The monoisotopic (exact) mass is 276 g/mol. The summed E-state index contributed by atoms with van der Waals surface area (Å²) in [7, 11) is 0. The minimum Gasteiger partial charge on any atom is -0.365 e. The highest BCUT2D eigenvalue weighted by atomic mass is 19.1. The first-order valence-electron chi connectivity index (χ1n) is 6.36. The molecule has 0 spiro atoms. The Hall–Kier alpha value is -2.28. The third kappa shape index (κ3) is 2.05. The number of hydrogen-bond donors (Lipinski definition) is 1. The zero-order chi connectivity index (χ0) is 14.1. The third-order valence-corrected chi connectivity index (χ3v) is 3.43. The highest BCUT2D eigenvalue weighted by Gasteiger charge is 2.24. The van der Waals surface area contributed by atoms with E-state index in [1.807, 2.05) is 4.90 Å². The molecule has 1 aromatic heterocycles. The molecule has 0 amide bonds. The highest BCUT2D eigenvalue weighted by Crippen LogP contribution is 2.34. The number of pyridine rings is 1. The molecule has 7 heteroatoms. The van der Waals surface area contributed by atoms with Crippen LogP contribution in [-0.4, -0.2) is 36.1 Å². The fraction of sp³-hybridized carbons (Fsp3) is 0.308. The van der Waals surface area contributed by atoms with E-state index in [2.05, 4.69) is 10.3 Å². The molecule has 2 aromatic rings. The van der Waals surface area contributed by atoms with Crippen molar-refractivity contribution in [1.29, 1.82) is 0 Å². The van der Waals surface area contributed by atoms with Crippen LogP contribution in [-0.2, 0) is 0 Å². The molecule has 3 rings (SSSR count). The van der Waals surface area contributed by atoms with Crippen molar-refractivity contribution in [3.63, 3.8) is 0 Å². The van der Waals surface area contributed by atoms with E-state index in [-0.39, 0.29) is 5.69 Å². The molecule has 1 aromatic carbocycles. The maximum Gasteiger partial charge on any atom is 0.281 e. The number of rotatable bonds is 2. The number of aromatic nitrogens is 1. The van der Waals surface area contributed by atoms with E-state index in [0.717, 1.165) is 19.2 Å². The average Bonchev–Trinajstić information content (AvgIpc) is 2.47. The van der Waals surface area contributed by atoms with Crippen LogP contribution >= 0.6 is 0 Å². The Balaban J connectivity index is 2.24. The average molecular weight is 276 g/mol. The summed E-state index contributed by atoms with van der Waals surface area (Å²) in [6.45, 7) is 2.82. The number of non-ortho nitro benzene ring substituents is 1. The van der Waals surface area contributed by atoms with Crippen LogP contribution in [0.25, 0.3) is 10.9 Å². The molecule has 0 aliphatic carbocycles. The number of nitro benzene ring substituents is 1. The van der Waals surface area contributed by atoms with Gasteiger partial charge in [-0.3, -0.25) is 15.1 Å². The van der Waals surface area contributed by atoms with E-state index in [4.69, 9.17) is 0 Å². The summed E-state index contributed by atoms with van der Waals surface area (Å²) < 4.78 is 14.3. The summed E-state index contributed by atoms with van der Waals surface area (Å²) in [5.74, 6) is -0.593. The molecular formula is C13H13FN4O2. The maximum absolute atomic E-state index is 14.3. The molecule has 2 heterocycles.